The minimum Gasteiger partial charge on any atom is -0.496 e. The highest BCUT2D eigenvalue weighted by Gasteiger charge is 2.03. The number of hydrogen-bond acceptors (Lipinski definition) is 3. The lowest BCUT2D eigenvalue weighted by atomic mass is 10.2. The van der Waals surface area contributed by atoms with Gasteiger partial charge in [-0.15, -0.1) is 0 Å². The van der Waals surface area contributed by atoms with Gasteiger partial charge in [0, 0.05) is 13.1 Å². The number of ether oxygens (including phenoxy) is 1. The van der Waals surface area contributed by atoms with Crippen LogP contribution in [0.5, 0.6) is 5.75 Å². The number of hydrogen-bond donors (Lipinski definition) is 3. The maximum atomic E-state index is 11.2. The van der Waals surface area contributed by atoms with Gasteiger partial charge in [0.15, 0.2) is 0 Å². The van der Waals surface area contributed by atoms with E-state index in [-0.39, 0.29) is 19.2 Å². The van der Waals surface area contributed by atoms with Gasteiger partial charge in [-0.05, 0) is 33.6 Å². The summed E-state index contributed by atoms with van der Waals surface area (Å²) in [6.45, 7) is 0.597. The molecule has 0 unspecified atom stereocenters. The topological polar surface area (TPSA) is 70.6 Å². The fourth-order valence-corrected chi connectivity index (χ4v) is 1.82. The summed E-state index contributed by atoms with van der Waals surface area (Å²) >= 11 is 3.37. The van der Waals surface area contributed by atoms with E-state index in [4.69, 9.17) is 9.84 Å². The lowest BCUT2D eigenvalue weighted by Gasteiger charge is -2.08. The third-order valence-electron chi connectivity index (χ3n) is 2.07. The Bertz CT molecular complexity index is 385. The molecule has 5 nitrogen and oxygen atoms in total. The smallest absolute Gasteiger partial charge is 0.315 e. The van der Waals surface area contributed by atoms with Crippen molar-refractivity contribution >= 4 is 22.0 Å². The third kappa shape index (κ3) is 4.62. The van der Waals surface area contributed by atoms with E-state index in [9.17, 15) is 4.79 Å². The molecule has 0 fully saturated rings. The van der Waals surface area contributed by atoms with Crippen molar-refractivity contribution in [3.05, 3.63) is 28.2 Å². The van der Waals surface area contributed by atoms with E-state index < -0.39 is 0 Å². The highest BCUT2D eigenvalue weighted by molar-refractivity contribution is 9.10. The number of aliphatic hydroxyl groups excluding tert-OH is 1. The summed E-state index contributed by atoms with van der Waals surface area (Å²) in [5, 5.41) is 13.7. The zero-order valence-electron chi connectivity index (χ0n) is 9.50. The molecule has 0 aromatic heterocycles. The van der Waals surface area contributed by atoms with Crippen LogP contribution in [0.25, 0.3) is 0 Å². The van der Waals surface area contributed by atoms with E-state index in [1.807, 2.05) is 18.2 Å². The van der Waals surface area contributed by atoms with Gasteiger partial charge in [-0.3, -0.25) is 0 Å². The Labute approximate surface area is 108 Å². The first kappa shape index (κ1) is 13.8. The molecule has 0 saturated carbocycles. The van der Waals surface area contributed by atoms with Crippen molar-refractivity contribution in [1.82, 2.24) is 10.6 Å². The normalized spacial score (nSPS) is 9.82. The monoisotopic (exact) mass is 302 g/mol. The molecule has 1 rings (SSSR count). The lowest BCUT2D eigenvalue weighted by molar-refractivity contribution is 0.234. The quantitative estimate of drug-likeness (QED) is 0.766. The summed E-state index contributed by atoms with van der Waals surface area (Å²) in [6.07, 6.45) is 0. The summed E-state index contributed by atoms with van der Waals surface area (Å²) in [6, 6.07) is 5.28. The van der Waals surface area contributed by atoms with Crippen molar-refractivity contribution in [1.29, 1.82) is 0 Å². The molecule has 0 saturated heterocycles. The van der Waals surface area contributed by atoms with Crippen molar-refractivity contribution in [3.63, 3.8) is 0 Å². The maximum Gasteiger partial charge on any atom is 0.315 e. The van der Waals surface area contributed by atoms with Gasteiger partial charge in [0.1, 0.15) is 5.75 Å². The number of carbonyl (C=O) groups is 1. The van der Waals surface area contributed by atoms with E-state index in [2.05, 4.69) is 26.6 Å². The Kier molecular flexibility index (Phi) is 5.79. The van der Waals surface area contributed by atoms with Gasteiger partial charge < -0.3 is 20.5 Å². The van der Waals surface area contributed by atoms with Gasteiger partial charge in [0.2, 0.25) is 0 Å². The number of halogens is 1. The first-order valence-electron chi connectivity index (χ1n) is 5.12. The van der Waals surface area contributed by atoms with E-state index in [0.29, 0.717) is 6.54 Å². The molecule has 0 radical (unpaired) electrons. The fraction of sp³-hybridized carbons (Fsp3) is 0.364. The second-order valence-corrected chi connectivity index (χ2v) is 4.16. The SMILES string of the molecule is COc1ccc(CNC(=O)NCCO)cc1Br. The van der Waals surface area contributed by atoms with Crippen LogP contribution in [0.3, 0.4) is 0 Å². The molecule has 0 atom stereocenters. The van der Waals surface area contributed by atoms with Crippen LogP contribution in [0, 0.1) is 0 Å². The third-order valence-corrected chi connectivity index (χ3v) is 2.69. The van der Waals surface area contributed by atoms with Gasteiger partial charge in [-0.1, -0.05) is 6.07 Å². The van der Waals surface area contributed by atoms with E-state index in [1.165, 1.54) is 0 Å². The van der Waals surface area contributed by atoms with Crippen molar-refractivity contribution in [2.45, 2.75) is 6.54 Å². The number of aliphatic hydroxyl groups is 1. The molecular formula is C11H15BrN2O3. The van der Waals surface area contributed by atoms with Crippen molar-refractivity contribution in [2.24, 2.45) is 0 Å². The van der Waals surface area contributed by atoms with Crippen LogP contribution in [0.2, 0.25) is 0 Å². The molecule has 1 aromatic rings. The molecular weight excluding hydrogens is 288 g/mol. The number of amides is 2. The number of urea groups is 1. The van der Waals surface area contributed by atoms with Crippen LogP contribution in [0.4, 0.5) is 4.79 Å². The van der Waals surface area contributed by atoms with Crippen LogP contribution >= 0.6 is 15.9 Å². The van der Waals surface area contributed by atoms with Gasteiger partial charge >= 0.3 is 6.03 Å². The molecule has 0 bridgehead atoms. The average molecular weight is 303 g/mol. The maximum absolute atomic E-state index is 11.2. The first-order chi connectivity index (χ1) is 8.17. The second kappa shape index (κ2) is 7.13. The molecule has 94 valence electrons. The Hall–Kier alpha value is -1.27. The largest absolute Gasteiger partial charge is 0.496 e. The van der Waals surface area contributed by atoms with Crippen LogP contribution in [-0.4, -0.2) is 31.4 Å². The molecule has 0 heterocycles. The number of carbonyl (C=O) groups excluding carboxylic acids is 1. The molecule has 3 N–H and O–H groups in total. The summed E-state index contributed by atoms with van der Waals surface area (Å²) in [4.78, 5) is 11.2. The summed E-state index contributed by atoms with van der Waals surface area (Å²) in [7, 11) is 1.60. The van der Waals surface area contributed by atoms with Gasteiger partial charge in [0.25, 0.3) is 0 Å². The Balaban J connectivity index is 2.47. The van der Waals surface area contributed by atoms with Crippen molar-refractivity contribution in [3.8, 4) is 5.75 Å². The zero-order chi connectivity index (χ0) is 12.7. The van der Waals surface area contributed by atoms with Crippen molar-refractivity contribution < 1.29 is 14.6 Å². The molecule has 17 heavy (non-hydrogen) atoms. The number of benzene rings is 1. The minimum atomic E-state index is -0.300. The standard InChI is InChI=1S/C11H15BrN2O3/c1-17-10-3-2-8(6-9(10)12)7-14-11(16)13-4-5-15/h2-3,6,15H,4-5,7H2,1H3,(H2,13,14,16). The van der Waals surface area contributed by atoms with Gasteiger partial charge in [-0.2, -0.15) is 0 Å². The van der Waals surface area contributed by atoms with E-state index in [0.717, 1.165) is 15.8 Å². The van der Waals surface area contributed by atoms with Crippen LogP contribution in [-0.2, 0) is 6.54 Å². The highest BCUT2D eigenvalue weighted by Crippen LogP contribution is 2.25. The predicted octanol–water partition coefficient (Wildman–Crippen LogP) is 1.25. The fourth-order valence-electron chi connectivity index (χ4n) is 1.23. The van der Waals surface area contributed by atoms with Crippen LogP contribution in [0.1, 0.15) is 5.56 Å². The van der Waals surface area contributed by atoms with E-state index in [1.54, 1.807) is 7.11 Å². The zero-order valence-corrected chi connectivity index (χ0v) is 11.1. The molecule has 0 aliphatic carbocycles. The number of methoxy groups -OCH3 is 1. The molecule has 1 aromatic carbocycles. The molecule has 6 heteroatoms. The summed E-state index contributed by atoms with van der Waals surface area (Å²) in [5.74, 6) is 0.749. The highest BCUT2D eigenvalue weighted by atomic mass is 79.9. The summed E-state index contributed by atoms with van der Waals surface area (Å²) in [5.41, 5.74) is 0.955. The molecule has 2 amide bonds. The minimum absolute atomic E-state index is 0.0680. The van der Waals surface area contributed by atoms with Crippen LogP contribution in [0.15, 0.2) is 22.7 Å². The second-order valence-electron chi connectivity index (χ2n) is 3.30. The van der Waals surface area contributed by atoms with Crippen LogP contribution < -0.4 is 15.4 Å². The molecule has 0 aliphatic heterocycles. The first-order valence-corrected chi connectivity index (χ1v) is 5.91. The number of rotatable bonds is 5. The summed E-state index contributed by atoms with van der Waals surface area (Å²) < 4.78 is 5.95. The molecule has 0 spiro atoms. The lowest BCUT2D eigenvalue weighted by Crippen LogP contribution is -2.36. The Morgan fingerprint density at radius 2 is 2.24 bits per heavy atom. The van der Waals surface area contributed by atoms with Gasteiger partial charge in [-0.25, -0.2) is 4.79 Å². The van der Waals surface area contributed by atoms with Gasteiger partial charge in [0.05, 0.1) is 18.2 Å². The number of nitrogens with one attached hydrogen (secondary N) is 2. The Morgan fingerprint density at radius 3 is 2.82 bits per heavy atom. The van der Waals surface area contributed by atoms with Crippen molar-refractivity contribution in [2.75, 3.05) is 20.3 Å². The average Bonchev–Trinajstić information content (AvgIpc) is 2.34. The molecule has 0 aliphatic rings. The predicted molar refractivity (Wildman–Crippen MR) is 68.0 cm³/mol. The van der Waals surface area contributed by atoms with E-state index >= 15 is 0 Å². The Morgan fingerprint density at radius 1 is 1.47 bits per heavy atom.